The number of nitrogens with zero attached hydrogens (tertiary/aromatic N) is 1. The first-order valence-electron chi connectivity index (χ1n) is 8.49. The molecule has 1 amide bonds. The van der Waals surface area contributed by atoms with E-state index in [1.807, 2.05) is 13.2 Å². The first-order chi connectivity index (χ1) is 10.6. The number of rotatable bonds is 3. The summed E-state index contributed by atoms with van der Waals surface area (Å²) in [7, 11) is 1.82. The summed E-state index contributed by atoms with van der Waals surface area (Å²) in [6.07, 6.45) is 6.77. The lowest BCUT2D eigenvalue weighted by Crippen LogP contribution is -2.50. The Hall–Kier alpha value is -1.35. The second kappa shape index (κ2) is 6.41. The second-order valence-electron chi connectivity index (χ2n) is 7.06. The van der Waals surface area contributed by atoms with Crippen molar-refractivity contribution in [3.8, 4) is 0 Å². The smallest absolute Gasteiger partial charge is 0.227 e. The summed E-state index contributed by atoms with van der Waals surface area (Å²) < 4.78 is 5.73. The number of methoxy groups -OCH3 is 1. The maximum absolute atomic E-state index is 12.7. The third-order valence-electron chi connectivity index (χ3n) is 5.51. The second-order valence-corrected chi connectivity index (χ2v) is 7.06. The van der Waals surface area contributed by atoms with Gasteiger partial charge in [0, 0.05) is 25.6 Å². The van der Waals surface area contributed by atoms with Gasteiger partial charge >= 0.3 is 0 Å². The number of likely N-dealkylation sites (tertiary alicyclic amines) is 1. The SMILES string of the molecule is CO[C@@H]1CCC[C@@]12CCCN(C(=O)Cc1cccc(C)c1)C2. The van der Waals surface area contributed by atoms with E-state index < -0.39 is 0 Å². The Morgan fingerprint density at radius 2 is 2.18 bits per heavy atom. The minimum Gasteiger partial charge on any atom is -0.381 e. The van der Waals surface area contributed by atoms with Crippen LogP contribution in [0.4, 0.5) is 0 Å². The van der Waals surface area contributed by atoms with Crippen molar-refractivity contribution >= 4 is 5.91 Å². The van der Waals surface area contributed by atoms with Crippen molar-refractivity contribution in [3.63, 3.8) is 0 Å². The first kappa shape index (κ1) is 15.5. The van der Waals surface area contributed by atoms with Gasteiger partial charge in [-0.3, -0.25) is 4.79 Å². The summed E-state index contributed by atoms with van der Waals surface area (Å²) in [5.74, 6) is 0.270. The highest BCUT2D eigenvalue weighted by Gasteiger charge is 2.46. The van der Waals surface area contributed by atoms with E-state index in [9.17, 15) is 4.79 Å². The van der Waals surface area contributed by atoms with E-state index in [1.165, 1.54) is 24.8 Å². The van der Waals surface area contributed by atoms with Gasteiger partial charge in [-0.1, -0.05) is 36.2 Å². The Kier molecular flexibility index (Phi) is 4.53. The highest BCUT2D eigenvalue weighted by molar-refractivity contribution is 5.79. The van der Waals surface area contributed by atoms with Crippen molar-refractivity contribution in [1.29, 1.82) is 0 Å². The number of hydrogen-bond acceptors (Lipinski definition) is 2. The monoisotopic (exact) mass is 301 g/mol. The molecule has 22 heavy (non-hydrogen) atoms. The normalized spacial score (nSPS) is 28.3. The highest BCUT2D eigenvalue weighted by Crippen LogP contribution is 2.46. The molecule has 0 radical (unpaired) electrons. The van der Waals surface area contributed by atoms with Crippen LogP contribution in [0.25, 0.3) is 0 Å². The van der Waals surface area contributed by atoms with Crippen LogP contribution in [0.15, 0.2) is 24.3 Å². The Balaban J connectivity index is 1.68. The standard InChI is InChI=1S/C19H27NO2/c1-15-6-3-7-16(12-15)13-18(21)20-11-5-10-19(14-20)9-4-8-17(19)22-2/h3,6-7,12,17H,4-5,8-11,13-14H2,1-2H3/t17-,19+/m1/s1. The van der Waals surface area contributed by atoms with Crippen molar-refractivity contribution in [3.05, 3.63) is 35.4 Å². The molecule has 1 saturated heterocycles. The van der Waals surface area contributed by atoms with Gasteiger partial charge in [0.1, 0.15) is 0 Å². The predicted octanol–water partition coefficient (Wildman–Crippen LogP) is 3.35. The van der Waals surface area contributed by atoms with E-state index in [-0.39, 0.29) is 11.3 Å². The Bertz CT molecular complexity index is 542. The summed E-state index contributed by atoms with van der Waals surface area (Å²) in [6, 6.07) is 8.28. The number of aryl methyl sites for hydroxylation is 1. The summed E-state index contributed by atoms with van der Waals surface area (Å²) in [6.45, 7) is 3.87. The molecule has 1 aliphatic carbocycles. The van der Waals surface area contributed by atoms with E-state index in [0.717, 1.165) is 31.5 Å². The molecule has 0 bridgehead atoms. The summed E-state index contributed by atoms with van der Waals surface area (Å²) in [4.78, 5) is 14.8. The Labute approximate surface area is 133 Å². The van der Waals surface area contributed by atoms with Crippen molar-refractivity contribution in [2.24, 2.45) is 5.41 Å². The lowest BCUT2D eigenvalue weighted by Gasteiger charge is -2.43. The van der Waals surface area contributed by atoms with Gasteiger partial charge in [-0.2, -0.15) is 0 Å². The molecule has 3 nitrogen and oxygen atoms in total. The van der Waals surface area contributed by atoms with Crippen LogP contribution in [-0.4, -0.2) is 37.1 Å². The molecular weight excluding hydrogens is 274 g/mol. The molecule has 1 aromatic carbocycles. The van der Waals surface area contributed by atoms with Gasteiger partial charge in [0.15, 0.2) is 0 Å². The average Bonchev–Trinajstić information content (AvgIpc) is 2.89. The fourth-order valence-electron chi connectivity index (χ4n) is 4.42. The molecular formula is C19H27NO2. The van der Waals surface area contributed by atoms with Crippen LogP contribution in [0.1, 0.15) is 43.2 Å². The lowest BCUT2D eigenvalue weighted by atomic mass is 9.76. The average molecular weight is 301 g/mol. The number of carbonyl (C=O) groups excluding carboxylic acids is 1. The van der Waals surface area contributed by atoms with Gasteiger partial charge in [-0.05, 0) is 38.2 Å². The number of amides is 1. The minimum absolute atomic E-state index is 0.218. The number of hydrogen-bond donors (Lipinski definition) is 0. The van der Waals surface area contributed by atoms with E-state index in [1.54, 1.807) is 0 Å². The molecule has 2 atom stereocenters. The van der Waals surface area contributed by atoms with Crippen molar-refractivity contribution in [2.75, 3.05) is 20.2 Å². The van der Waals surface area contributed by atoms with Crippen LogP contribution in [0.2, 0.25) is 0 Å². The van der Waals surface area contributed by atoms with Crippen LogP contribution in [0.5, 0.6) is 0 Å². The van der Waals surface area contributed by atoms with Crippen molar-refractivity contribution < 1.29 is 9.53 Å². The molecule has 1 heterocycles. The molecule has 1 spiro atoms. The van der Waals surface area contributed by atoms with Crippen LogP contribution < -0.4 is 0 Å². The highest BCUT2D eigenvalue weighted by atomic mass is 16.5. The first-order valence-corrected chi connectivity index (χ1v) is 8.49. The molecule has 0 unspecified atom stereocenters. The zero-order valence-electron chi connectivity index (χ0n) is 13.8. The quantitative estimate of drug-likeness (QED) is 0.857. The molecule has 1 aliphatic heterocycles. The van der Waals surface area contributed by atoms with Gasteiger partial charge in [-0.15, -0.1) is 0 Å². The fraction of sp³-hybridized carbons (Fsp3) is 0.632. The topological polar surface area (TPSA) is 29.5 Å². The summed E-state index contributed by atoms with van der Waals surface area (Å²) >= 11 is 0. The van der Waals surface area contributed by atoms with Gasteiger partial charge in [0.25, 0.3) is 0 Å². The molecule has 2 fully saturated rings. The van der Waals surface area contributed by atoms with Gasteiger partial charge in [0.2, 0.25) is 5.91 Å². The minimum atomic E-state index is 0.218. The fourth-order valence-corrected chi connectivity index (χ4v) is 4.42. The molecule has 3 heteroatoms. The van der Waals surface area contributed by atoms with Gasteiger partial charge < -0.3 is 9.64 Å². The molecule has 120 valence electrons. The third kappa shape index (κ3) is 3.05. The van der Waals surface area contributed by atoms with Crippen LogP contribution in [-0.2, 0) is 16.0 Å². The molecule has 3 rings (SSSR count). The van der Waals surface area contributed by atoms with E-state index in [2.05, 4.69) is 30.0 Å². The lowest BCUT2D eigenvalue weighted by molar-refractivity contribution is -0.136. The number of benzene rings is 1. The van der Waals surface area contributed by atoms with E-state index in [0.29, 0.717) is 12.5 Å². The number of ether oxygens (including phenoxy) is 1. The maximum Gasteiger partial charge on any atom is 0.227 e. The largest absolute Gasteiger partial charge is 0.381 e. The van der Waals surface area contributed by atoms with Crippen molar-refractivity contribution in [2.45, 2.75) is 51.6 Å². The van der Waals surface area contributed by atoms with Crippen LogP contribution in [0.3, 0.4) is 0 Å². The van der Waals surface area contributed by atoms with Gasteiger partial charge in [-0.25, -0.2) is 0 Å². The Morgan fingerprint density at radius 3 is 2.95 bits per heavy atom. The zero-order valence-corrected chi connectivity index (χ0v) is 13.8. The molecule has 2 aliphatic rings. The molecule has 1 aromatic rings. The van der Waals surface area contributed by atoms with E-state index >= 15 is 0 Å². The molecule has 1 saturated carbocycles. The van der Waals surface area contributed by atoms with E-state index in [4.69, 9.17) is 4.74 Å². The number of carbonyl (C=O) groups is 1. The zero-order chi connectivity index (χ0) is 15.6. The van der Waals surface area contributed by atoms with Gasteiger partial charge in [0.05, 0.1) is 12.5 Å². The van der Waals surface area contributed by atoms with Crippen molar-refractivity contribution in [1.82, 2.24) is 4.90 Å². The third-order valence-corrected chi connectivity index (χ3v) is 5.51. The maximum atomic E-state index is 12.7. The molecule has 0 N–H and O–H groups in total. The summed E-state index contributed by atoms with van der Waals surface area (Å²) in [5, 5.41) is 0. The van der Waals surface area contributed by atoms with Crippen LogP contribution in [0, 0.1) is 12.3 Å². The summed E-state index contributed by atoms with van der Waals surface area (Å²) in [5.41, 5.74) is 2.56. The number of piperidine rings is 1. The predicted molar refractivity (Wildman–Crippen MR) is 87.8 cm³/mol. The molecule has 0 aromatic heterocycles. The van der Waals surface area contributed by atoms with Crippen LogP contribution >= 0.6 is 0 Å². The Morgan fingerprint density at radius 1 is 1.36 bits per heavy atom.